The van der Waals surface area contributed by atoms with Crippen LogP contribution in [0.5, 0.6) is 5.75 Å². The minimum Gasteiger partial charge on any atom is -0.497 e. The van der Waals surface area contributed by atoms with Gasteiger partial charge in [-0.3, -0.25) is 4.79 Å². The molecule has 0 atom stereocenters. The maximum atomic E-state index is 12.4. The number of ether oxygens (including phenoxy) is 1. The number of hydrogen-bond acceptors (Lipinski definition) is 6. The second kappa shape index (κ2) is 6.97. The number of aromatic nitrogens is 3. The van der Waals surface area contributed by atoms with Crippen LogP contribution in [0.4, 0.5) is 11.8 Å². The van der Waals surface area contributed by atoms with Crippen molar-refractivity contribution in [1.82, 2.24) is 19.4 Å². The highest BCUT2D eigenvalue weighted by Gasteiger charge is 2.18. The summed E-state index contributed by atoms with van der Waals surface area (Å²) in [5, 5.41) is 1.58. The molecule has 0 saturated heterocycles. The smallest absolute Gasteiger partial charge is 0.241 e. The SMILES string of the molecule is COc1cccc(-c2cc3nc(N)nc(N)c3c3ccn(CC(=O)N(C)C)c23)c1. The Kier molecular flexibility index (Phi) is 4.46. The third kappa shape index (κ3) is 3.18. The van der Waals surface area contributed by atoms with E-state index >= 15 is 0 Å². The van der Waals surface area contributed by atoms with E-state index in [1.165, 1.54) is 0 Å². The van der Waals surface area contributed by atoms with Crippen LogP contribution in [0, 0.1) is 0 Å². The number of methoxy groups -OCH3 is 1. The number of nitrogens with two attached hydrogens (primary N) is 2. The van der Waals surface area contributed by atoms with Crippen LogP contribution in [0.25, 0.3) is 32.9 Å². The van der Waals surface area contributed by atoms with E-state index in [0.29, 0.717) is 11.3 Å². The molecule has 8 heteroatoms. The molecule has 8 nitrogen and oxygen atoms in total. The molecule has 0 unspecified atom stereocenters. The molecule has 0 aliphatic heterocycles. The van der Waals surface area contributed by atoms with Gasteiger partial charge in [0.1, 0.15) is 18.1 Å². The van der Waals surface area contributed by atoms with E-state index in [-0.39, 0.29) is 18.4 Å². The number of hydrogen-bond donors (Lipinski definition) is 2. The predicted molar refractivity (Wildman–Crippen MR) is 115 cm³/mol. The van der Waals surface area contributed by atoms with Crippen molar-refractivity contribution in [2.45, 2.75) is 6.54 Å². The maximum Gasteiger partial charge on any atom is 0.241 e. The van der Waals surface area contributed by atoms with Gasteiger partial charge >= 0.3 is 0 Å². The third-order valence-electron chi connectivity index (χ3n) is 4.94. The van der Waals surface area contributed by atoms with Gasteiger partial charge in [0, 0.05) is 31.2 Å². The van der Waals surface area contributed by atoms with E-state index < -0.39 is 0 Å². The molecule has 0 bridgehead atoms. The van der Waals surface area contributed by atoms with Crippen molar-refractivity contribution >= 4 is 39.5 Å². The Balaban J connectivity index is 2.07. The molecular formula is C21H22N6O2. The summed E-state index contributed by atoms with van der Waals surface area (Å²) >= 11 is 0. The van der Waals surface area contributed by atoms with Crippen molar-refractivity contribution in [3.8, 4) is 16.9 Å². The van der Waals surface area contributed by atoms with E-state index in [4.69, 9.17) is 16.2 Å². The maximum absolute atomic E-state index is 12.4. The lowest BCUT2D eigenvalue weighted by atomic mass is 9.99. The molecule has 0 saturated carbocycles. The highest BCUT2D eigenvalue weighted by atomic mass is 16.5. The predicted octanol–water partition coefficient (Wildman–Crippen LogP) is 2.51. The fourth-order valence-electron chi connectivity index (χ4n) is 3.50. The monoisotopic (exact) mass is 390 g/mol. The first-order chi connectivity index (χ1) is 13.9. The molecule has 0 fully saturated rings. The number of fused-ring (bicyclic) bond motifs is 3. The van der Waals surface area contributed by atoms with Crippen LogP contribution >= 0.6 is 0 Å². The highest BCUT2D eigenvalue weighted by Crippen LogP contribution is 2.38. The van der Waals surface area contributed by atoms with Crippen molar-refractivity contribution in [2.24, 2.45) is 0 Å². The Labute approximate surface area is 167 Å². The van der Waals surface area contributed by atoms with Gasteiger partial charge in [0.2, 0.25) is 11.9 Å². The van der Waals surface area contributed by atoms with Crippen molar-refractivity contribution in [2.75, 3.05) is 32.7 Å². The van der Waals surface area contributed by atoms with Crippen LogP contribution in [-0.4, -0.2) is 46.5 Å². The number of nitrogen functional groups attached to an aromatic ring is 2. The minimum atomic E-state index is -0.0132. The van der Waals surface area contributed by atoms with Gasteiger partial charge in [-0.05, 0) is 29.8 Å². The van der Waals surface area contributed by atoms with Gasteiger partial charge < -0.3 is 25.7 Å². The van der Waals surface area contributed by atoms with Gasteiger partial charge in [-0.1, -0.05) is 12.1 Å². The fraction of sp³-hybridized carbons (Fsp3) is 0.190. The number of amides is 1. The molecule has 4 aromatic rings. The molecular weight excluding hydrogens is 368 g/mol. The van der Waals surface area contributed by atoms with Crippen molar-refractivity contribution in [3.05, 3.63) is 42.6 Å². The Morgan fingerprint density at radius 1 is 1.17 bits per heavy atom. The molecule has 4 rings (SSSR count). The molecule has 2 aromatic carbocycles. The summed E-state index contributed by atoms with van der Waals surface area (Å²) in [7, 11) is 5.10. The number of likely N-dealkylation sites (N-methyl/N-ethyl adjacent to an activating group) is 1. The van der Waals surface area contributed by atoms with Crippen molar-refractivity contribution in [1.29, 1.82) is 0 Å². The molecule has 0 radical (unpaired) electrons. The lowest BCUT2D eigenvalue weighted by Gasteiger charge is -2.15. The summed E-state index contributed by atoms with van der Waals surface area (Å²) in [6.45, 7) is 0.203. The van der Waals surface area contributed by atoms with E-state index in [0.717, 1.165) is 33.2 Å². The molecule has 0 spiro atoms. The van der Waals surface area contributed by atoms with Crippen LogP contribution in [0.3, 0.4) is 0 Å². The zero-order chi connectivity index (χ0) is 20.7. The Hall–Kier alpha value is -3.81. The third-order valence-corrected chi connectivity index (χ3v) is 4.94. The number of rotatable bonds is 4. The van der Waals surface area contributed by atoms with Crippen LogP contribution in [0.15, 0.2) is 42.6 Å². The lowest BCUT2D eigenvalue weighted by Crippen LogP contribution is -2.26. The van der Waals surface area contributed by atoms with Crippen molar-refractivity contribution < 1.29 is 9.53 Å². The first-order valence-electron chi connectivity index (χ1n) is 9.08. The summed E-state index contributed by atoms with van der Waals surface area (Å²) in [4.78, 5) is 22.5. The number of carbonyl (C=O) groups excluding carboxylic acids is 1. The second-order valence-corrected chi connectivity index (χ2v) is 7.01. The van der Waals surface area contributed by atoms with E-state index in [9.17, 15) is 4.79 Å². The Bertz CT molecular complexity index is 1250. The van der Waals surface area contributed by atoms with E-state index in [1.54, 1.807) is 26.1 Å². The van der Waals surface area contributed by atoms with Crippen LogP contribution in [0.1, 0.15) is 0 Å². The zero-order valence-electron chi connectivity index (χ0n) is 16.5. The topological polar surface area (TPSA) is 112 Å². The first-order valence-corrected chi connectivity index (χ1v) is 9.08. The number of carbonyl (C=O) groups is 1. The summed E-state index contributed by atoms with van der Waals surface area (Å²) in [6, 6.07) is 11.6. The molecule has 1 amide bonds. The summed E-state index contributed by atoms with van der Waals surface area (Å²) in [5.74, 6) is 1.15. The Morgan fingerprint density at radius 2 is 1.97 bits per heavy atom. The van der Waals surface area contributed by atoms with Gasteiger partial charge in [0.25, 0.3) is 0 Å². The fourth-order valence-corrected chi connectivity index (χ4v) is 3.50. The molecule has 148 valence electrons. The first kappa shape index (κ1) is 18.5. The van der Waals surface area contributed by atoms with Gasteiger partial charge in [-0.15, -0.1) is 0 Å². The highest BCUT2D eigenvalue weighted by molar-refractivity contribution is 6.15. The summed E-state index contributed by atoms with van der Waals surface area (Å²) in [5.41, 5.74) is 15.4. The van der Waals surface area contributed by atoms with Gasteiger partial charge in [-0.25, -0.2) is 4.98 Å². The van der Waals surface area contributed by atoms with Crippen molar-refractivity contribution in [3.63, 3.8) is 0 Å². The molecule has 0 aliphatic rings. The van der Waals surface area contributed by atoms with Crippen LogP contribution in [-0.2, 0) is 11.3 Å². The number of nitrogens with zero attached hydrogens (tertiary/aromatic N) is 4. The second-order valence-electron chi connectivity index (χ2n) is 7.01. The van der Waals surface area contributed by atoms with Crippen LogP contribution < -0.4 is 16.2 Å². The summed E-state index contributed by atoms with van der Waals surface area (Å²) < 4.78 is 7.31. The molecule has 2 heterocycles. The normalized spacial score (nSPS) is 11.1. The molecule has 29 heavy (non-hydrogen) atoms. The van der Waals surface area contributed by atoms with E-state index in [2.05, 4.69) is 9.97 Å². The zero-order valence-corrected chi connectivity index (χ0v) is 16.5. The molecule has 0 aliphatic carbocycles. The average Bonchev–Trinajstić information content (AvgIpc) is 3.10. The van der Waals surface area contributed by atoms with Gasteiger partial charge in [0.15, 0.2) is 0 Å². The summed E-state index contributed by atoms with van der Waals surface area (Å²) in [6.07, 6.45) is 1.88. The lowest BCUT2D eigenvalue weighted by molar-refractivity contribution is -0.129. The standard InChI is InChI=1S/C21H22N6O2/c1-26(2)17(28)11-27-8-7-14-18-16(24-21(23)25-20(18)22)10-15(19(14)27)12-5-4-6-13(9-12)29-3/h4-10H,11H2,1-3H3,(H4,22,23,24,25). The minimum absolute atomic E-state index is 0.0132. The largest absolute Gasteiger partial charge is 0.497 e. The quantitative estimate of drug-likeness (QED) is 0.554. The average molecular weight is 390 g/mol. The van der Waals surface area contributed by atoms with Gasteiger partial charge in [-0.2, -0.15) is 4.98 Å². The Morgan fingerprint density at radius 3 is 2.69 bits per heavy atom. The van der Waals surface area contributed by atoms with E-state index in [1.807, 2.05) is 47.2 Å². The molecule has 4 N–H and O–H groups in total. The van der Waals surface area contributed by atoms with Gasteiger partial charge in [0.05, 0.1) is 23.5 Å². The number of benzene rings is 2. The van der Waals surface area contributed by atoms with Crippen LogP contribution in [0.2, 0.25) is 0 Å². The molecule has 2 aromatic heterocycles. The number of anilines is 2.